The molecule has 2 amide bonds. The van der Waals surface area contributed by atoms with E-state index < -0.39 is 5.41 Å². The van der Waals surface area contributed by atoms with Gasteiger partial charge in [-0.15, -0.1) is 0 Å². The summed E-state index contributed by atoms with van der Waals surface area (Å²) in [4.78, 5) is 25.8. The molecule has 0 bridgehead atoms. The Balaban J connectivity index is 1.77. The molecule has 1 unspecified atom stereocenters. The molecule has 7 heteroatoms. The normalized spacial score (nSPS) is 20.0. The fraction of sp³-hybridized carbons (Fsp3) is 0.190. The minimum Gasteiger partial charge on any atom is -0.323 e. The lowest BCUT2D eigenvalue weighted by molar-refractivity contribution is -0.125. The largest absolute Gasteiger partial charge is 0.323 e. The number of halogens is 1. The summed E-state index contributed by atoms with van der Waals surface area (Å²) in [6, 6.07) is 11.4. The highest BCUT2D eigenvalue weighted by atomic mass is 35.5. The van der Waals surface area contributed by atoms with Crippen molar-refractivity contribution in [3.63, 3.8) is 0 Å². The maximum absolute atomic E-state index is 13.1. The van der Waals surface area contributed by atoms with Gasteiger partial charge in [0.25, 0.3) is 0 Å². The van der Waals surface area contributed by atoms with E-state index in [0.717, 1.165) is 16.8 Å². The number of carbonyl (C=O) groups excluding carboxylic acids is 2. The Morgan fingerprint density at radius 3 is 2.57 bits per heavy atom. The number of aromatic nitrogens is 2. The zero-order valence-corrected chi connectivity index (χ0v) is 16.1. The molecule has 3 heterocycles. The minimum atomic E-state index is -1.13. The summed E-state index contributed by atoms with van der Waals surface area (Å²) in [5, 5.41) is 10.8. The van der Waals surface area contributed by atoms with Gasteiger partial charge in [-0.25, -0.2) is 4.68 Å². The summed E-state index contributed by atoms with van der Waals surface area (Å²) in [6.45, 7) is 4.02. The molecule has 2 aliphatic heterocycles. The number of benzene rings is 2. The van der Waals surface area contributed by atoms with Crippen LogP contribution in [0.1, 0.15) is 28.7 Å². The second-order valence-corrected chi connectivity index (χ2v) is 7.82. The van der Waals surface area contributed by atoms with Crippen molar-refractivity contribution < 1.29 is 9.59 Å². The number of amides is 2. The molecule has 0 fully saturated rings. The molecule has 2 aromatic carbocycles. The molecule has 3 aromatic rings. The molecule has 2 aliphatic rings. The molecule has 0 saturated carbocycles. The molecular formula is C21H17ClN4O2. The van der Waals surface area contributed by atoms with E-state index in [-0.39, 0.29) is 18.2 Å². The predicted molar refractivity (Wildman–Crippen MR) is 107 cm³/mol. The van der Waals surface area contributed by atoms with Gasteiger partial charge in [-0.05, 0) is 48.7 Å². The number of fused-ring (bicyclic) bond motifs is 4. The molecule has 0 aliphatic carbocycles. The van der Waals surface area contributed by atoms with Crippen LogP contribution in [0.5, 0.6) is 0 Å². The average Bonchev–Trinajstić information content (AvgIpc) is 3.16. The summed E-state index contributed by atoms with van der Waals surface area (Å²) >= 11 is 6.30. The first kappa shape index (κ1) is 17.0. The van der Waals surface area contributed by atoms with E-state index >= 15 is 0 Å². The fourth-order valence-corrected chi connectivity index (χ4v) is 4.58. The van der Waals surface area contributed by atoms with E-state index in [1.165, 1.54) is 0 Å². The van der Waals surface area contributed by atoms with Crippen LogP contribution < -0.4 is 10.6 Å². The molecule has 5 rings (SSSR count). The Hall–Kier alpha value is -3.12. The maximum Gasteiger partial charge on any atom is 0.240 e. The van der Waals surface area contributed by atoms with Gasteiger partial charge in [-0.3, -0.25) is 9.59 Å². The summed E-state index contributed by atoms with van der Waals surface area (Å²) in [5.41, 5.74) is 3.83. The first-order valence-corrected chi connectivity index (χ1v) is 9.35. The van der Waals surface area contributed by atoms with Gasteiger partial charge in [0, 0.05) is 12.0 Å². The standard InChI is InChI=1S/C21H17ClN4O2/c1-11-6-12(2)8-13(7-11)26-19-15(10-23-26)21(9-17(27)24-19)14-4-3-5-16(22)18(14)25-20(21)28/h3-8,10H,9H2,1-2H3,(H,24,27)(H,25,28). The Bertz CT molecular complexity index is 1160. The van der Waals surface area contributed by atoms with Crippen molar-refractivity contribution in [3.8, 4) is 5.69 Å². The molecule has 1 aromatic heterocycles. The number of hydrogen-bond donors (Lipinski definition) is 2. The van der Waals surface area contributed by atoms with Crippen molar-refractivity contribution in [2.24, 2.45) is 0 Å². The van der Waals surface area contributed by atoms with Crippen LogP contribution in [0.25, 0.3) is 5.69 Å². The molecular weight excluding hydrogens is 376 g/mol. The van der Waals surface area contributed by atoms with Crippen LogP contribution in [0.15, 0.2) is 42.6 Å². The molecule has 1 atom stereocenters. The molecule has 6 nitrogen and oxygen atoms in total. The molecule has 1 spiro atoms. The highest BCUT2D eigenvalue weighted by molar-refractivity contribution is 6.35. The number of nitrogens with one attached hydrogen (secondary N) is 2. The Kier molecular flexibility index (Phi) is 3.46. The summed E-state index contributed by atoms with van der Waals surface area (Å²) in [6.07, 6.45) is 1.68. The third-order valence-corrected chi connectivity index (χ3v) is 5.78. The van der Waals surface area contributed by atoms with Crippen molar-refractivity contribution >= 4 is 34.9 Å². The van der Waals surface area contributed by atoms with E-state index in [0.29, 0.717) is 27.7 Å². The monoisotopic (exact) mass is 392 g/mol. The molecule has 0 saturated heterocycles. The van der Waals surface area contributed by atoms with E-state index in [4.69, 9.17) is 11.6 Å². The van der Waals surface area contributed by atoms with Crippen LogP contribution in [-0.2, 0) is 15.0 Å². The number of hydrogen-bond acceptors (Lipinski definition) is 3. The number of carbonyl (C=O) groups is 2. The lowest BCUT2D eigenvalue weighted by atomic mass is 9.72. The van der Waals surface area contributed by atoms with Gasteiger partial charge in [-0.1, -0.05) is 29.8 Å². The number of para-hydroxylation sites is 1. The predicted octanol–water partition coefficient (Wildman–Crippen LogP) is 3.72. The van der Waals surface area contributed by atoms with E-state index in [2.05, 4.69) is 21.8 Å². The van der Waals surface area contributed by atoms with Gasteiger partial charge in [0.05, 0.1) is 22.6 Å². The van der Waals surface area contributed by atoms with E-state index in [1.54, 1.807) is 23.0 Å². The molecule has 2 N–H and O–H groups in total. The second kappa shape index (κ2) is 5.69. The number of anilines is 2. The van der Waals surface area contributed by atoms with Crippen LogP contribution in [0, 0.1) is 13.8 Å². The average molecular weight is 393 g/mol. The number of rotatable bonds is 1. The SMILES string of the molecule is Cc1cc(C)cc(-n2ncc3c2NC(=O)CC32C(=O)Nc3c(Cl)cccc32)c1. The Labute approximate surface area is 166 Å². The van der Waals surface area contributed by atoms with Crippen LogP contribution in [0.2, 0.25) is 5.02 Å². The van der Waals surface area contributed by atoms with Gasteiger partial charge in [-0.2, -0.15) is 5.10 Å². The highest BCUT2D eigenvalue weighted by Gasteiger charge is 2.54. The third kappa shape index (κ3) is 2.18. The van der Waals surface area contributed by atoms with E-state index in [9.17, 15) is 9.59 Å². The minimum absolute atomic E-state index is 0.0116. The van der Waals surface area contributed by atoms with Gasteiger partial charge < -0.3 is 10.6 Å². The Morgan fingerprint density at radius 1 is 1.07 bits per heavy atom. The first-order valence-electron chi connectivity index (χ1n) is 8.97. The van der Waals surface area contributed by atoms with Crippen LogP contribution in [0.3, 0.4) is 0 Å². The van der Waals surface area contributed by atoms with Gasteiger partial charge in [0.2, 0.25) is 11.8 Å². The van der Waals surface area contributed by atoms with Gasteiger partial charge in [0.1, 0.15) is 11.2 Å². The van der Waals surface area contributed by atoms with Crippen LogP contribution in [-0.4, -0.2) is 21.6 Å². The molecule has 28 heavy (non-hydrogen) atoms. The summed E-state index contributed by atoms with van der Waals surface area (Å²) in [7, 11) is 0. The second-order valence-electron chi connectivity index (χ2n) is 7.41. The highest BCUT2D eigenvalue weighted by Crippen LogP contribution is 2.51. The molecule has 140 valence electrons. The van der Waals surface area contributed by atoms with Gasteiger partial charge in [0.15, 0.2) is 0 Å². The topological polar surface area (TPSA) is 76.0 Å². The van der Waals surface area contributed by atoms with Crippen LogP contribution in [0.4, 0.5) is 11.5 Å². The van der Waals surface area contributed by atoms with Crippen molar-refractivity contribution in [2.75, 3.05) is 10.6 Å². The van der Waals surface area contributed by atoms with Crippen molar-refractivity contribution in [3.05, 3.63) is 69.9 Å². The Morgan fingerprint density at radius 2 is 1.82 bits per heavy atom. The van der Waals surface area contributed by atoms with Crippen molar-refractivity contribution in [1.29, 1.82) is 0 Å². The summed E-state index contributed by atoms with van der Waals surface area (Å²) < 4.78 is 1.68. The maximum atomic E-state index is 13.1. The van der Waals surface area contributed by atoms with E-state index in [1.807, 2.05) is 32.0 Å². The molecule has 0 radical (unpaired) electrons. The first-order chi connectivity index (χ1) is 13.4. The lowest BCUT2D eigenvalue weighted by Crippen LogP contribution is -2.43. The zero-order valence-electron chi connectivity index (χ0n) is 15.3. The number of nitrogens with zero attached hydrogens (tertiary/aromatic N) is 2. The number of aryl methyl sites for hydroxylation is 2. The van der Waals surface area contributed by atoms with Crippen molar-refractivity contribution in [2.45, 2.75) is 25.7 Å². The smallest absolute Gasteiger partial charge is 0.240 e. The summed E-state index contributed by atoms with van der Waals surface area (Å²) in [5.74, 6) is 0.0255. The quantitative estimate of drug-likeness (QED) is 0.662. The van der Waals surface area contributed by atoms with Crippen LogP contribution >= 0.6 is 11.6 Å². The lowest BCUT2D eigenvalue weighted by Gasteiger charge is -2.31. The third-order valence-electron chi connectivity index (χ3n) is 5.46. The van der Waals surface area contributed by atoms with Gasteiger partial charge >= 0.3 is 0 Å². The fourth-order valence-electron chi connectivity index (χ4n) is 4.35. The van der Waals surface area contributed by atoms with Crippen molar-refractivity contribution in [1.82, 2.24) is 9.78 Å². The zero-order chi connectivity index (χ0) is 19.6.